The van der Waals surface area contributed by atoms with Gasteiger partial charge in [0.2, 0.25) is 0 Å². The molecule has 2 radical (unpaired) electrons. The van der Waals surface area contributed by atoms with E-state index in [1.54, 1.807) is 0 Å². The zero-order chi connectivity index (χ0) is 4.50. The molecule has 0 unspecified atom stereocenters. The second-order valence-electron chi connectivity index (χ2n) is 0.513. The first-order valence-corrected chi connectivity index (χ1v) is 2.35. The van der Waals surface area contributed by atoms with Crippen molar-refractivity contribution in [1.29, 1.82) is 0 Å². The van der Waals surface area contributed by atoms with E-state index in [9.17, 15) is 0 Å². The van der Waals surface area contributed by atoms with E-state index in [4.69, 9.17) is 19.2 Å². The Kier molecular flexibility index (Phi) is 30.3. The first kappa shape index (κ1) is 22.6. The molecular formula is H3GdLaO4PY. The third-order valence-electron chi connectivity index (χ3n) is 0. The largest absolute Gasteiger partial charge is 0.466 e. The molecule has 0 saturated carbocycles. The molecule has 0 fully saturated rings. The topological polar surface area (TPSA) is 77.8 Å². The van der Waals surface area contributed by atoms with Crippen LogP contribution in [-0.2, 0) is 37.3 Å². The molecule has 0 rings (SSSR count). The monoisotopic (exact) mass is 484 g/mol. The zero-order valence-electron chi connectivity index (χ0n) is 3.71. The fourth-order valence-corrected chi connectivity index (χ4v) is 0. The van der Waals surface area contributed by atoms with Crippen LogP contribution in [0.4, 0.5) is 0 Å². The van der Waals surface area contributed by atoms with Gasteiger partial charge in [0.05, 0.1) is 0 Å². The maximum absolute atomic E-state index is 8.88. The molecule has 0 spiro atoms. The summed E-state index contributed by atoms with van der Waals surface area (Å²) in [6.45, 7) is 0. The second-order valence-corrected chi connectivity index (χ2v) is 1.54. The second kappa shape index (κ2) is 10.7. The summed E-state index contributed by atoms with van der Waals surface area (Å²) in [6, 6.07) is 0. The van der Waals surface area contributed by atoms with Crippen molar-refractivity contribution in [2.75, 3.05) is 0 Å². The third-order valence-corrected chi connectivity index (χ3v) is 0. The van der Waals surface area contributed by atoms with Crippen molar-refractivity contribution < 1.29 is 127 Å². The number of hydrogen-bond acceptors (Lipinski definition) is 1. The predicted octanol–water partition coefficient (Wildman–Crippen LogP) is -0.931. The Bertz CT molecular complexity index is 62.2. The van der Waals surface area contributed by atoms with Crippen molar-refractivity contribution in [1.82, 2.24) is 0 Å². The standard InChI is InChI=1S/Gd.La.H3O4P.Y/c;;1-5(2,3)4;/h;;(H3,1,2,3,4);. The first-order chi connectivity index (χ1) is 2.00. The molecule has 0 aliphatic carbocycles. The Morgan fingerprint density at radius 2 is 1.12 bits per heavy atom. The van der Waals surface area contributed by atoms with Crippen LogP contribution in [-0.4, -0.2) is 14.7 Å². The maximum Gasteiger partial charge on any atom is 0.466 e. The summed E-state index contributed by atoms with van der Waals surface area (Å²) < 4.78 is 8.88. The molecule has 3 N–H and O–H groups in total. The maximum atomic E-state index is 8.88. The quantitative estimate of drug-likeness (QED) is 0.390. The fraction of sp³-hybridized carbons (Fsp3) is 0. The van der Waals surface area contributed by atoms with Crippen LogP contribution < -0.4 is 0 Å². The molecule has 8 heteroatoms. The van der Waals surface area contributed by atoms with Gasteiger partial charge in [0.15, 0.2) is 0 Å². The summed E-state index contributed by atoms with van der Waals surface area (Å²) in [4.78, 5) is 21.6. The Morgan fingerprint density at radius 3 is 1.12 bits per heavy atom. The van der Waals surface area contributed by atoms with Gasteiger partial charge in [-0.1, -0.05) is 0 Å². The third kappa shape index (κ3) is 53.3. The van der Waals surface area contributed by atoms with Crippen LogP contribution in [0.2, 0.25) is 0 Å². The summed E-state index contributed by atoms with van der Waals surface area (Å²) in [7, 11) is -4.64. The average Bonchev–Trinajstić information content (AvgIpc) is 0.722. The normalized spacial score (nSPS) is 7.38. The predicted molar refractivity (Wildman–Crippen MR) is 14.3 cm³/mol. The Labute approximate surface area is 132 Å². The van der Waals surface area contributed by atoms with Crippen LogP contribution in [0.1, 0.15) is 0 Å². The van der Waals surface area contributed by atoms with Gasteiger partial charge in [0.1, 0.15) is 0 Å². The summed E-state index contributed by atoms with van der Waals surface area (Å²) in [5, 5.41) is 0. The molecule has 0 aromatic carbocycles. The molecule has 0 atom stereocenters. The van der Waals surface area contributed by atoms with Crippen LogP contribution in [0.3, 0.4) is 0 Å². The van der Waals surface area contributed by atoms with Gasteiger partial charge in [0.25, 0.3) is 0 Å². The molecule has 0 aromatic heterocycles. The van der Waals surface area contributed by atoms with E-state index in [0.717, 1.165) is 0 Å². The number of rotatable bonds is 0. The SMILES string of the molecule is O=P(O)(O)O.[Gd].[La].[Y]. The van der Waals surface area contributed by atoms with E-state index in [0.29, 0.717) is 0 Å². The summed E-state index contributed by atoms with van der Waals surface area (Å²) in [5.41, 5.74) is 0. The molecule has 0 saturated heterocycles. The summed E-state index contributed by atoms with van der Waals surface area (Å²) >= 11 is 0. The van der Waals surface area contributed by atoms with E-state index >= 15 is 0 Å². The van der Waals surface area contributed by atoms with Crippen LogP contribution in [0.5, 0.6) is 0 Å². The number of phosphoric acid groups is 1. The van der Waals surface area contributed by atoms with Crippen LogP contribution in [0, 0.1) is 75.5 Å². The first-order valence-electron chi connectivity index (χ1n) is 0.783. The smallest absolute Gasteiger partial charge is 0.303 e. The minimum Gasteiger partial charge on any atom is -0.303 e. The Balaban J connectivity index is -0.0000000267. The van der Waals surface area contributed by atoms with Gasteiger partial charge < -0.3 is 14.7 Å². The van der Waals surface area contributed by atoms with Crippen molar-refractivity contribution in [3.8, 4) is 0 Å². The van der Waals surface area contributed by atoms with Crippen molar-refractivity contribution >= 4 is 7.82 Å². The van der Waals surface area contributed by atoms with E-state index < -0.39 is 7.82 Å². The zero-order valence-corrected chi connectivity index (χ0v) is 13.3. The summed E-state index contributed by atoms with van der Waals surface area (Å²) in [6.07, 6.45) is 0. The molecule has 0 heterocycles. The fourth-order valence-electron chi connectivity index (χ4n) is 0. The number of hydrogen-bond donors (Lipinski definition) is 3. The van der Waals surface area contributed by atoms with Crippen molar-refractivity contribution in [3.63, 3.8) is 0 Å². The van der Waals surface area contributed by atoms with E-state index in [2.05, 4.69) is 0 Å². The van der Waals surface area contributed by atoms with Gasteiger partial charge >= 0.3 is 7.82 Å². The summed E-state index contributed by atoms with van der Waals surface area (Å²) in [5.74, 6) is 0. The van der Waals surface area contributed by atoms with Gasteiger partial charge in [-0.25, -0.2) is 4.57 Å². The molecule has 8 heavy (non-hydrogen) atoms. The molecule has 0 aliphatic rings. The van der Waals surface area contributed by atoms with Crippen LogP contribution >= 0.6 is 7.82 Å². The molecule has 0 amide bonds. The van der Waals surface area contributed by atoms with Gasteiger partial charge in [-0.3, -0.25) is 0 Å². The van der Waals surface area contributed by atoms with Crippen molar-refractivity contribution in [3.05, 3.63) is 0 Å². The van der Waals surface area contributed by atoms with Crippen molar-refractivity contribution in [2.45, 2.75) is 0 Å². The molecule has 0 aromatic rings. The van der Waals surface area contributed by atoms with Crippen LogP contribution in [0.25, 0.3) is 0 Å². The van der Waals surface area contributed by atoms with E-state index in [1.807, 2.05) is 0 Å². The minimum atomic E-state index is -4.64. The molecule has 0 bridgehead atoms. The van der Waals surface area contributed by atoms with Crippen LogP contribution in [0.15, 0.2) is 0 Å². The van der Waals surface area contributed by atoms with E-state index in [-0.39, 0.29) is 108 Å². The Hall–Kier alpha value is 3.73. The van der Waals surface area contributed by atoms with Gasteiger partial charge in [-0.15, -0.1) is 0 Å². The minimum absolute atomic E-state index is 0. The Morgan fingerprint density at radius 1 is 1.12 bits per heavy atom. The van der Waals surface area contributed by atoms with Gasteiger partial charge in [0, 0.05) is 108 Å². The van der Waals surface area contributed by atoms with Gasteiger partial charge in [-0.05, 0) is 0 Å². The molecule has 46 valence electrons. The molecule has 4 nitrogen and oxygen atoms in total. The van der Waals surface area contributed by atoms with E-state index in [1.165, 1.54) is 0 Å². The molecular weight excluding hydrogens is 480 g/mol. The molecule has 0 aliphatic heterocycles. The average molecular weight is 483 g/mol. The van der Waals surface area contributed by atoms with Crippen molar-refractivity contribution in [2.24, 2.45) is 0 Å². The van der Waals surface area contributed by atoms with Gasteiger partial charge in [-0.2, -0.15) is 0 Å².